The zero-order valence-electron chi connectivity index (χ0n) is 6.55. The van der Waals surface area contributed by atoms with Crippen molar-refractivity contribution in [3.8, 4) is 0 Å². The first-order valence-electron chi connectivity index (χ1n) is 3.39. The number of ether oxygens (including phenoxy) is 2. The van der Waals surface area contributed by atoms with Gasteiger partial charge in [-0.05, 0) is 0 Å². The highest BCUT2D eigenvalue weighted by Gasteiger charge is 2.55. The van der Waals surface area contributed by atoms with Gasteiger partial charge in [0, 0.05) is 19.8 Å². The first kappa shape index (κ1) is 8.04. The minimum absolute atomic E-state index is 0.437. The molecule has 0 aromatic rings. The van der Waals surface area contributed by atoms with Gasteiger partial charge >= 0.3 is 11.9 Å². The predicted octanol–water partition coefficient (Wildman–Crippen LogP) is 0.255. The molecule has 0 heterocycles. The lowest BCUT2D eigenvalue weighted by Gasteiger charge is -2.11. The van der Waals surface area contributed by atoms with Crippen LogP contribution in [0.1, 0.15) is 19.8 Å². The molecule has 4 heteroatoms. The number of hydrogen-bond acceptors (Lipinski definition) is 4. The number of esters is 2. The highest BCUT2D eigenvalue weighted by Crippen LogP contribution is 2.40. The van der Waals surface area contributed by atoms with Gasteiger partial charge in [-0.25, -0.2) is 4.79 Å². The molecule has 1 rings (SSSR count). The molecular formula is C7H10O4. The maximum Gasteiger partial charge on any atom is 0.350 e. The van der Waals surface area contributed by atoms with E-state index in [9.17, 15) is 9.59 Å². The fraction of sp³-hybridized carbons (Fsp3) is 0.714. The molecule has 62 valence electrons. The largest absolute Gasteiger partial charge is 0.466 e. The number of carbonyl (C=O) groups excluding carboxylic acids is 2. The Bertz CT molecular complexity index is 193. The lowest BCUT2D eigenvalue weighted by atomic mass is 10.3. The summed E-state index contributed by atoms with van der Waals surface area (Å²) < 4.78 is 9.25. The van der Waals surface area contributed by atoms with Gasteiger partial charge in [0.15, 0.2) is 0 Å². The molecular weight excluding hydrogens is 148 g/mol. The first-order valence-corrected chi connectivity index (χ1v) is 3.39. The zero-order chi connectivity index (χ0) is 8.48. The topological polar surface area (TPSA) is 52.6 Å². The smallest absolute Gasteiger partial charge is 0.350 e. The molecule has 0 amide bonds. The van der Waals surface area contributed by atoms with Crippen molar-refractivity contribution in [1.29, 1.82) is 0 Å². The summed E-state index contributed by atoms with van der Waals surface area (Å²) in [5.41, 5.74) is -0.930. The van der Waals surface area contributed by atoms with Crippen molar-refractivity contribution in [1.82, 2.24) is 0 Å². The monoisotopic (exact) mass is 158 g/mol. The Labute approximate surface area is 64.5 Å². The van der Waals surface area contributed by atoms with E-state index in [0.29, 0.717) is 12.8 Å². The van der Waals surface area contributed by atoms with Gasteiger partial charge < -0.3 is 9.47 Å². The van der Waals surface area contributed by atoms with Gasteiger partial charge in [-0.2, -0.15) is 0 Å². The van der Waals surface area contributed by atoms with Gasteiger partial charge in [0.1, 0.15) is 0 Å². The minimum atomic E-state index is -0.930. The van der Waals surface area contributed by atoms with Crippen LogP contribution < -0.4 is 0 Å². The third-order valence-electron chi connectivity index (χ3n) is 1.60. The second-order valence-electron chi connectivity index (χ2n) is 2.58. The van der Waals surface area contributed by atoms with Crippen molar-refractivity contribution in [3.05, 3.63) is 0 Å². The quantitative estimate of drug-likeness (QED) is 0.541. The Balaban J connectivity index is 2.53. The molecule has 0 aromatic heterocycles. The Morgan fingerprint density at radius 2 is 1.91 bits per heavy atom. The van der Waals surface area contributed by atoms with Gasteiger partial charge in [0.05, 0.1) is 7.11 Å². The van der Waals surface area contributed by atoms with E-state index >= 15 is 0 Å². The molecule has 1 fully saturated rings. The molecule has 0 unspecified atom stereocenters. The first-order chi connectivity index (χ1) is 5.10. The summed E-state index contributed by atoms with van der Waals surface area (Å²) >= 11 is 0. The van der Waals surface area contributed by atoms with Gasteiger partial charge in [-0.15, -0.1) is 0 Å². The van der Waals surface area contributed by atoms with E-state index in [1.54, 1.807) is 0 Å². The second-order valence-corrected chi connectivity index (χ2v) is 2.58. The molecule has 0 spiro atoms. The maximum atomic E-state index is 10.9. The van der Waals surface area contributed by atoms with Crippen molar-refractivity contribution in [3.63, 3.8) is 0 Å². The van der Waals surface area contributed by atoms with Crippen LogP contribution in [0.2, 0.25) is 0 Å². The molecule has 11 heavy (non-hydrogen) atoms. The Kier molecular flexibility index (Phi) is 1.85. The Morgan fingerprint density at radius 3 is 2.18 bits per heavy atom. The number of rotatable bonds is 2. The van der Waals surface area contributed by atoms with Crippen molar-refractivity contribution in [2.45, 2.75) is 25.4 Å². The molecule has 0 atom stereocenters. The summed E-state index contributed by atoms with van der Waals surface area (Å²) in [7, 11) is 1.28. The van der Waals surface area contributed by atoms with Crippen molar-refractivity contribution < 1.29 is 19.1 Å². The summed E-state index contributed by atoms with van der Waals surface area (Å²) in [6.45, 7) is 1.28. The predicted molar refractivity (Wildman–Crippen MR) is 35.7 cm³/mol. The molecule has 0 aromatic carbocycles. The Morgan fingerprint density at radius 1 is 1.36 bits per heavy atom. The summed E-state index contributed by atoms with van der Waals surface area (Å²) in [5, 5.41) is 0. The lowest BCUT2D eigenvalue weighted by molar-refractivity contribution is -0.167. The van der Waals surface area contributed by atoms with Crippen LogP contribution in [0.25, 0.3) is 0 Å². The Hall–Kier alpha value is -1.06. The van der Waals surface area contributed by atoms with Crippen LogP contribution in [0.15, 0.2) is 0 Å². The third kappa shape index (κ3) is 1.50. The van der Waals surface area contributed by atoms with E-state index in [-0.39, 0.29) is 0 Å². The number of hydrogen-bond donors (Lipinski definition) is 0. The summed E-state index contributed by atoms with van der Waals surface area (Å²) in [6.07, 6.45) is 1.17. The van der Waals surface area contributed by atoms with Crippen LogP contribution >= 0.6 is 0 Å². The van der Waals surface area contributed by atoms with Crippen molar-refractivity contribution in [2.75, 3.05) is 7.11 Å². The highest BCUT2D eigenvalue weighted by molar-refractivity contribution is 5.85. The van der Waals surface area contributed by atoms with Crippen LogP contribution in [-0.4, -0.2) is 24.6 Å². The van der Waals surface area contributed by atoms with Crippen LogP contribution in [0.4, 0.5) is 0 Å². The average Bonchev–Trinajstić information content (AvgIpc) is 2.67. The summed E-state index contributed by atoms with van der Waals surface area (Å²) in [4.78, 5) is 21.4. The molecule has 0 bridgehead atoms. The fourth-order valence-electron chi connectivity index (χ4n) is 0.923. The molecule has 0 N–H and O–H groups in total. The average molecular weight is 158 g/mol. The van der Waals surface area contributed by atoms with Crippen LogP contribution in [-0.2, 0) is 19.1 Å². The minimum Gasteiger partial charge on any atom is -0.466 e. The second kappa shape index (κ2) is 2.53. The highest BCUT2D eigenvalue weighted by atomic mass is 16.6. The third-order valence-corrected chi connectivity index (χ3v) is 1.60. The molecule has 1 aliphatic rings. The molecule has 0 aliphatic heterocycles. The van der Waals surface area contributed by atoms with E-state index in [1.165, 1.54) is 14.0 Å². The van der Waals surface area contributed by atoms with E-state index in [4.69, 9.17) is 4.74 Å². The maximum absolute atomic E-state index is 10.9. The lowest BCUT2D eigenvalue weighted by Crippen LogP contribution is -2.29. The van der Waals surface area contributed by atoms with Gasteiger partial charge in [0.2, 0.25) is 5.60 Å². The van der Waals surface area contributed by atoms with Crippen LogP contribution in [0, 0.1) is 0 Å². The van der Waals surface area contributed by atoms with Gasteiger partial charge in [0.25, 0.3) is 0 Å². The number of methoxy groups -OCH3 is 1. The summed E-state index contributed by atoms with van der Waals surface area (Å²) in [5.74, 6) is -0.888. The molecule has 4 nitrogen and oxygen atoms in total. The van der Waals surface area contributed by atoms with Gasteiger partial charge in [-0.3, -0.25) is 4.79 Å². The van der Waals surface area contributed by atoms with Crippen LogP contribution in [0.5, 0.6) is 0 Å². The van der Waals surface area contributed by atoms with Crippen molar-refractivity contribution >= 4 is 11.9 Å². The van der Waals surface area contributed by atoms with E-state index in [1.807, 2.05) is 0 Å². The normalized spacial score (nSPS) is 18.7. The molecule has 0 radical (unpaired) electrons. The van der Waals surface area contributed by atoms with Crippen molar-refractivity contribution in [2.24, 2.45) is 0 Å². The fourth-order valence-corrected chi connectivity index (χ4v) is 0.923. The zero-order valence-corrected chi connectivity index (χ0v) is 6.55. The van der Waals surface area contributed by atoms with Gasteiger partial charge in [-0.1, -0.05) is 0 Å². The molecule has 1 aliphatic carbocycles. The van der Waals surface area contributed by atoms with E-state index < -0.39 is 17.5 Å². The standard InChI is InChI=1S/C7H10O4/c1-5(8)11-7(3-4-7)6(9)10-2/h3-4H2,1-2H3. The SMILES string of the molecule is COC(=O)C1(OC(C)=O)CC1. The summed E-state index contributed by atoms with van der Waals surface area (Å²) in [6, 6.07) is 0. The molecule has 1 saturated carbocycles. The van der Waals surface area contributed by atoms with E-state index in [2.05, 4.69) is 4.74 Å². The molecule has 0 saturated heterocycles. The van der Waals surface area contributed by atoms with E-state index in [0.717, 1.165) is 0 Å². The van der Waals surface area contributed by atoms with Crippen LogP contribution in [0.3, 0.4) is 0 Å². The number of carbonyl (C=O) groups is 2.